The summed E-state index contributed by atoms with van der Waals surface area (Å²) in [5.74, 6) is 0.0957. The zero-order valence-corrected chi connectivity index (χ0v) is 11.0. The van der Waals surface area contributed by atoms with Crippen LogP contribution in [0.3, 0.4) is 0 Å². The molecule has 1 N–H and O–H groups in total. The molecule has 1 heterocycles. The van der Waals surface area contributed by atoms with Crippen molar-refractivity contribution >= 4 is 0 Å². The molecule has 2 unspecified atom stereocenters. The summed E-state index contributed by atoms with van der Waals surface area (Å²) in [6.45, 7) is 7.67. The second-order valence-electron chi connectivity index (χ2n) is 5.42. The minimum Gasteiger partial charge on any atom is -0.316 e. The van der Waals surface area contributed by atoms with E-state index in [0.717, 1.165) is 31.5 Å². The van der Waals surface area contributed by atoms with Gasteiger partial charge in [-0.2, -0.15) is 0 Å². The SMILES string of the molecule is Cc1ccc(C(C)(F)C2CCCNC2)cc1C. The number of alkyl halides is 1. The topological polar surface area (TPSA) is 12.0 Å². The summed E-state index contributed by atoms with van der Waals surface area (Å²) in [5, 5.41) is 3.30. The second-order valence-corrected chi connectivity index (χ2v) is 5.42. The first-order valence-corrected chi connectivity index (χ1v) is 6.49. The Morgan fingerprint density at radius 3 is 2.65 bits per heavy atom. The van der Waals surface area contributed by atoms with Gasteiger partial charge in [0.05, 0.1) is 0 Å². The van der Waals surface area contributed by atoms with Gasteiger partial charge in [0.15, 0.2) is 0 Å². The normalized spacial score (nSPS) is 24.4. The van der Waals surface area contributed by atoms with E-state index in [9.17, 15) is 4.39 Å². The molecule has 1 aliphatic rings. The lowest BCUT2D eigenvalue weighted by Crippen LogP contribution is -2.40. The number of rotatable bonds is 2. The number of nitrogens with one attached hydrogen (secondary N) is 1. The fourth-order valence-electron chi connectivity index (χ4n) is 2.60. The summed E-state index contributed by atoms with van der Waals surface area (Å²) in [4.78, 5) is 0. The van der Waals surface area contributed by atoms with Crippen LogP contribution in [0.25, 0.3) is 0 Å². The highest BCUT2D eigenvalue weighted by atomic mass is 19.1. The number of hydrogen-bond donors (Lipinski definition) is 1. The van der Waals surface area contributed by atoms with E-state index < -0.39 is 5.67 Å². The summed E-state index contributed by atoms with van der Waals surface area (Å²) >= 11 is 0. The Hall–Kier alpha value is -0.890. The summed E-state index contributed by atoms with van der Waals surface area (Å²) in [7, 11) is 0. The molecule has 0 bridgehead atoms. The third-order valence-corrected chi connectivity index (χ3v) is 4.13. The Bertz CT molecular complexity index is 392. The molecule has 1 nitrogen and oxygen atoms in total. The summed E-state index contributed by atoms with van der Waals surface area (Å²) in [6, 6.07) is 5.97. The van der Waals surface area contributed by atoms with Gasteiger partial charge < -0.3 is 5.32 Å². The van der Waals surface area contributed by atoms with Gasteiger partial charge in [0, 0.05) is 12.5 Å². The average Bonchev–Trinajstić information content (AvgIpc) is 2.33. The minimum atomic E-state index is -1.22. The van der Waals surface area contributed by atoms with E-state index in [4.69, 9.17) is 0 Å². The zero-order chi connectivity index (χ0) is 12.5. The van der Waals surface area contributed by atoms with Crippen LogP contribution in [-0.4, -0.2) is 13.1 Å². The predicted octanol–water partition coefficient (Wildman–Crippen LogP) is 3.49. The fourth-order valence-corrected chi connectivity index (χ4v) is 2.60. The number of hydrogen-bond acceptors (Lipinski definition) is 1. The maximum Gasteiger partial charge on any atom is 0.137 e. The Kier molecular flexibility index (Phi) is 3.53. The van der Waals surface area contributed by atoms with Crippen molar-refractivity contribution in [3.8, 4) is 0 Å². The Balaban J connectivity index is 2.26. The molecule has 2 rings (SSSR count). The van der Waals surface area contributed by atoms with E-state index in [1.165, 1.54) is 11.1 Å². The fraction of sp³-hybridized carbons (Fsp3) is 0.600. The molecular weight excluding hydrogens is 213 g/mol. The standard InChI is InChI=1S/C15H22FN/c1-11-6-7-13(9-12(11)2)15(3,16)14-5-4-8-17-10-14/h6-7,9,14,17H,4-5,8,10H2,1-3H3. The second kappa shape index (κ2) is 4.77. The quantitative estimate of drug-likeness (QED) is 0.827. The maximum absolute atomic E-state index is 15.0. The molecule has 1 aliphatic heterocycles. The lowest BCUT2D eigenvalue weighted by molar-refractivity contribution is 0.0811. The van der Waals surface area contributed by atoms with E-state index in [0.29, 0.717) is 0 Å². The predicted molar refractivity (Wildman–Crippen MR) is 70.0 cm³/mol. The van der Waals surface area contributed by atoms with Gasteiger partial charge in [-0.25, -0.2) is 4.39 Å². The van der Waals surface area contributed by atoms with Gasteiger partial charge in [-0.15, -0.1) is 0 Å². The van der Waals surface area contributed by atoms with Gasteiger partial charge >= 0.3 is 0 Å². The molecule has 2 atom stereocenters. The molecular formula is C15H22FN. The highest BCUT2D eigenvalue weighted by Crippen LogP contribution is 2.37. The van der Waals surface area contributed by atoms with Crippen LogP contribution in [0.4, 0.5) is 4.39 Å². The van der Waals surface area contributed by atoms with Crippen molar-refractivity contribution in [2.24, 2.45) is 5.92 Å². The van der Waals surface area contributed by atoms with Gasteiger partial charge in [0.2, 0.25) is 0 Å². The molecule has 0 saturated carbocycles. The van der Waals surface area contributed by atoms with E-state index in [-0.39, 0.29) is 5.92 Å². The van der Waals surface area contributed by atoms with Crippen LogP contribution in [0.1, 0.15) is 36.5 Å². The highest BCUT2D eigenvalue weighted by Gasteiger charge is 2.36. The summed E-state index contributed by atoms with van der Waals surface area (Å²) in [6.07, 6.45) is 2.06. The van der Waals surface area contributed by atoms with Crippen LogP contribution in [0.2, 0.25) is 0 Å². The first-order valence-electron chi connectivity index (χ1n) is 6.49. The molecule has 17 heavy (non-hydrogen) atoms. The van der Waals surface area contributed by atoms with Crippen molar-refractivity contribution in [3.63, 3.8) is 0 Å². The van der Waals surface area contributed by atoms with Crippen LogP contribution in [0.5, 0.6) is 0 Å². The smallest absolute Gasteiger partial charge is 0.137 e. The molecule has 2 heteroatoms. The number of benzene rings is 1. The molecule has 0 radical (unpaired) electrons. The van der Waals surface area contributed by atoms with Crippen molar-refractivity contribution < 1.29 is 4.39 Å². The number of aryl methyl sites for hydroxylation is 2. The van der Waals surface area contributed by atoms with Crippen molar-refractivity contribution in [1.29, 1.82) is 0 Å². The molecule has 1 aromatic carbocycles. The molecule has 0 spiro atoms. The van der Waals surface area contributed by atoms with Crippen LogP contribution >= 0.6 is 0 Å². The largest absolute Gasteiger partial charge is 0.316 e. The molecule has 1 aromatic rings. The van der Waals surface area contributed by atoms with Gasteiger partial charge in [0.1, 0.15) is 5.67 Å². The van der Waals surface area contributed by atoms with E-state index >= 15 is 0 Å². The van der Waals surface area contributed by atoms with Crippen molar-refractivity contribution in [2.45, 2.75) is 39.3 Å². The Morgan fingerprint density at radius 1 is 1.29 bits per heavy atom. The van der Waals surface area contributed by atoms with Crippen molar-refractivity contribution in [3.05, 3.63) is 34.9 Å². The van der Waals surface area contributed by atoms with E-state index in [2.05, 4.69) is 12.2 Å². The average molecular weight is 235 g/mol. The minimum absolute atomic E-state index is 0.0957. The summed E-state index contributed by atoms with van der Waals surface area (Å²) < 4.78 is 15.0. The molecule has 0 aromatic heterocycles. The van der Waals surface area contributed by atoms with Gasteiger partial charge in [-0.05, 0) is 56.8 Å². The van der Waals surface area contributed by atoms with Gasteiger partial charge in [-0.1, -0.05) is 18.2 Å². The molecule has 0 aliphatic carbocycles. The first kappa shape index (κ1) is 12.6. The van der Waals surface area contributed by atoms with E-state index in [1.54, 1.807) is 6.92 Å². The third kappa shape index (κ3) is 2.52. The lowest BCUT2D eigenvalue weighted by atomic mass is 9.79. The summed E-state index contributed by atoms with van der Waals surface area (Å²) in [5.41, 5.74) is 2.02. The lowest BCUT2D eigenvalue weighted by Gasteiger charge is -2.34. The molecule has 1 saturated heterocycles. The van der Waals surface area contributed by atoms with Crippen LogP contribution in [0, 0.1) is 19.8 Å². The Labute approximate surface area is 103 Å². The first-order chi connectivity index (χ1) is 8.01. The van der Waals surface area contributed by atoms with Gasteiger partial charge in [-0.3, -0.25) is 0 Å². The van der Waals surface area contributed by atoms with Crippen LogP contribution < -0.4 is 5.32 Å². The maximum atomic E-state index is 15.0. The monoisotopic (exact) mass is 235 g/mol. The van der Waals surface area contributed by atoms with Crippen molar-refractivity contribution in [1.82, 2.24) is 5.32 Å². The zero-order valence-electron chi connectivity index (χ0n) is 11.0. The molecule has 94 valence electrons. The molecule has 1 fully saturated rings. The van der Waals surface area contributed by atoms with Crippen LogP contribution in [-0.2, 0) is 5.67 Å². The molecule has 0 amide bonds. The Morgan fingerprint density at radius 2 is 2.06 bits per heavy atom. The number of piperidine rings is 1. The van der Waals surface area contributed by atoms with E-state index in [1.807, 2.05) is 25.1 Å². The highest BCUT2D eigenvalue weighted by molar-refractivity contribution is 5.33. The third-order valence-electron chi connectivity index (χ3n) is 4.13. The van der Waals surface area contributed by atoms with Gasteiger partial charge in [0.25, 0.3) is 0 Å². The number of halogens is 1. The van der Waals surface area contributed by atoms with Crippen LogP contribution in [0.15, 0.2) is 18.2 Å². The van der Waals surface area contributed by atoms with Crippen molar-refractivity contribution in [2.75, 3.05) is 13.1 Å².